The molecular formula is C26H21F2N3O2. The van der Waals surface area contributed by atoms with Crippen LogP contribution in [0, 0.1) is 11.6 Å². The van der Waals surface area contributed by atoms with E-state index in [1.165, 1.54) is 55.3 Å². The third kappa shape index (κ3) is 3.98. The topological polar surface area (TPSA) is 52.7 Å². The number of nitrogens with one attached hydrogen (secondary N) is 1. The van der Waals surface area contributed by atoms with E-state index in [9.17, 15) is 18.4 Å². The van der Waals surface area contributed by atoms with Crippen LogP contribution >= 0.6 is 0 Å². The molecule has 0 spiro atoms. The van der Waals surface area contributed by atoms with Crippen LogP contribution < -0.4 is 15.1 Å². The lowest BCUT2D eigenvalue weighted by atomic mass is 10.0. The van der Waals surface area contributed by atoms with Crippen molar-refractivity contribution in [2.24, 2.45) is 0 Å². The fourth-order valence-electron chi connectivity index (χ4n) is 4.26. The number of rotatable bonds is 5. The molecule has 3 aromatic carbocycles. The van der Waals surface area contributed by atoms with Gasteiger partial charge in [-0.3, -0.25) is 9.59 Å². The molecule has 0 radical (unpaired) electrons. The molecular weight excluding hydrogens is 424 g/mol. The number of nitrogens with zero attached hydrogens (tertiary/aromatic N) is 2. The number of amides is 2. The quantitative estimate of drug-likeness (QED) is 0.564. The first kappa shape index (κ1) is 20.9. The van der Waals surface area contributed by atoms with Crippen molar-refractivity contribution in [3.63, 3.8) is 0 Å². The van der Waals surface area contributed by atoms with Crippen LogP contribution in [0.25, 0.3) is 5.57 Å². The van der Waals surface area contributed by atoms with Gasteiger partial charge >= 0.3 is 0 Å². The number of benzene rings is 3. The Morgan fingerprint density at radius 3 is 2.09 bits per heavy atom. The third-order valence-electron chi connectivity index (χ3n) is 5.89. The molecule has 3 aromatic rings. The van der Waals surface area contributed by atoms with Crippen LogP contribution in [-0.2, 0) is 9.59 Å². The number of hydrogen-bond donors (Lipinski definition) is 1. The first-order valence-corrected chi connectivity index (χ1v) is 10.8. The van der Waals surface area contributed by atoms with E-state index in [0.29, 0.717) is 11.3 Å². The summed E-state index contributed by atoms with van der Waals surface area (Å²) in [4.78, 5) is 29.9. The lowest BCUT2D eigenvalue weighted by Crippen LogP contribution is -2.32. The van der Waals surface area contributed by atoms with Crippen LogP contribution in [0.1, 0.15) is 18.4 Å². The van der Waals surface area contributed by atoms with Crippen molar-refractivity contribution in [3.8, 4) is 0 Å². The predicted molar refractivity (Wildman–Crippen MR) is 124 cm³/mol. The number of anilines is 3. The maximum absolute atomic E-state index is 13.8. The van der Waals surface area contributed by atoms with Crippen LogP contribution in [0.5, 0.6) is 0 Å². The van der Waals surface area contributed by atoms with Gasteiger partial charge in [0.15, 0.2) is 0 Å². The first-order chi connectivity index (χ1) is 16.0. The summed E-state index contributed by atoms with van der Waals surface area (Å²) in [6.07, 6.45) is 2.33. The molecule has 1 N–H and O–H groups in total. The van der Waals surface area contributed by atoms with Crippen LogP contribution in [0.3, 0.4) is 0 Å². The summed E-state index contributed by atoms with van der Waals surface area (Å²) in [6, 6.07) is 18.3. The molecule has 1 saturated heterocycles. The fraction of sp³-hybridized carbons (Fsp3) is 0.154. The van der Waals surface area contributed by atoms with Crippen molar-refractivity contribution < 1.29 is 18.4 Å². The van der Waals surface area contributed by atoms with Crippen molar-refractivity contribution in [2.45, 2.75) is 12.8 Å². The smallest absolute Gasteiger partial charge is 0.282 e. The molecule has 2 aliphatic heterocycles. The van der Waals surface area contributed by atoms with Crippen LogP contribution in [0.15, 0.2) is 78.5 Å². The molecule has 1 fully saturated rings. The SMILES string of the molecule is O=C1C(Nc2ccc(N3CCCC3)cc2)=C(c2ccc(F)cc2)C(=O)N1c1cccc(F)c1. The highest BCUT2D eigenvalue weighted by Crippen LogP contribution is 2.34. The minimum Gasteiger partial charge on any atom is -0.372 e. The Hall–Kier alpha value is -4.00. The Morgan fingerprint density at radius 2 is 1.42 bits per heavy atom. The van der Waals surface area contributed by atoms with Crippen molar-refractivity contribution in [1.82, 2.24) is 0 Å². The highest BCUT2D eigenvalue weighted by atomic mass is 19.1. The average Bonchev–Trinajstić information content (AvgIpc) is 3.43. The largest absolute Gasteiger partial charge is 0.372 e. The number of imide groups is 1. The van der Waals surface area contributed by atoms with Gasteiger partial charge in [-0.2, -0.15) is 0 Å². The van der Waals surface area contributed by atoms with Crippen LogP contribution in [-0.4, -0.2) is 24.9 Å². The summed E-state index contributed by atoms with van der Waals surface area (Å²) in [5.41, 5.74) is 2.42. The number of carbonyl (C=O) groups excluding carboxylic acids is 2. The molecule has 2 aliphatic rings. The molecule has 2 amide bonds. The van der Waals surface area contributed by atoms with Crippen LogP contribution in [0.4, 0.5) is 25.8 Å². The minimum absolute atomic E-state index is 0.0600. The molecule has 0 atom stereocenters. The Bertz CT molecular complexity index is 1250. The molecule has 2 heterocycles. The zero-order valence-electron chi connectivity index (χ0n) is 17.7. The van der Waals surface area contributed by atoms with E-state index in [0.717, 1.165) is 29.7 Å². The second-order valence-corrected chi connectivity index (χ2v) is 8.05. The van der Waals surface area contributed by atoms with Gasteiger partial charge in [-0.15, -0.1) is 0 Å². The molecule has 0 unspecified atom stereocenters. The Morgan fingerprint density at radius 1 is 0.727 bits per heavy atom. The maximum Gasteiger partial charge on any atom is 0.282 e. The van der Waals surface area contributed by atoms with E-state index in [2.05, 4.69) is 10.2 Å². The van der Waals surface area contributed by atoms with E-state index in [4.69, 9.17) is 0 Å². The zero-order valence-corrected chi connectivity index (χ0v) is 17.7. The first-order valence-electron chi connectivity index (χ1n) is 10.8. The second kappa shape index (κ2) is 8.50. The predicted octanol–water partition coefficient (Wildman–Crippen LogP) is 4.96. The number of halogens is 2. The molecule has 5 rings (SSSR count). The molecule has 0 saturated carbocycles. The van der Waals surface area contributed by atoms with Gasteiger partial charge in [0.1, 0.15) is 17.3 Å². The van der Waals surface area contributed by atoms with Crippen LogP contribution in [0.2, 0.25) is 0 Å². The van der Waals surface area contributed by atoms with Crippen molar-refractivity contribution in [2.75, 3.05) is 28.2 Å². The highest BCUT2D eigenvalue weighted by Gasteiger charge is 2.40. The van der Waals surface area contributed by atoms with E-state index in [1.807, 2.05) is 24.3 Å². The Labute approximate surface area is 189 Å². The van der Waals surface area contributed by atoms with Crippen molar-refractivity contribution in [3.05, 3.63) is 95.7 Å². The fourth-order valence-corrected chi connectivity index (χ4v) is 4.26. The lowest BCUT2D eigenvalue weighted by Gasteiger charge is -2.18. The zero-order chi connectivity index (χ0) is 22.9. The third-order valence-corrected chi connectivity index (χ3v) is 5.89. The maximum atomic E-state index is 13.8. The van der Waals surface area contributed by atoms with Crippen molar-refractivity contribution >= 4 is 34.4 Å². The minimum atomic E-state index is -0.603. The Kier molecular flexibility index (Phi) is 5.38. The van der Waals surface area contributed by atoms with Gasteiger partial charge in [0.25, 0.3) is 11.8 Å². The van der Waals surface area contributed by atoms with E-state index in [1.54, 1.807) is 0 Å². The van der Waals surface area contributed by atoms with Crippen molar-refractivity contribution in [1.29, 1.82) is 0 Å². The van der Waals surface area contributed by atoms with Gasteiger partial charge in [0.2, 0.25) is 0 Å². The standard InChI is InChI=1S/C26H21F2N3O2/c27-18-8-6-17(7-9-18)23-24(26(33)31(25(23)32)22-5-3-4-19(28)16-22)29-20-10-12-21(13-11-20)30-14-1-2-15-30/h3-13,16,29H,1-2,14-15H2. The highest BCUT2D eigenvalue weighted by molar-refractivity contribution is 6.46. The molecule has 33 heavy (non-hydrogen) atoms. The number of carbonyl (C=O) groups is 2. The Balaban J connectivity index is 1.52. The van der Waals surface area contributed by atoms with Gasteiger partial charge in [0.05, 0.1) is 11.3 Å². The van der Waals surface area contributed by atoms with E-state index < -0.39 is 23.4 Å². The average molecular weight is 445 g/mol. The molecule has 7 heteroatoms. The summed E-state index contributed by atoms with van der Waals surface area (Å²) in [5.74, 6) is -2.22. The summed E-state index contributed by atoms with van der Waals surface area (Å²) < 4.78 is 27.3. The molecule has 0 bridgehead atoms. The normalized spacial score (nSPS) is 16.2. The second-order valence-electron chi connectivity index (χ2n) is 8.05. The lowest BCUT2D eigenvalue weighted by molar-refractivity contribution is -0.120. The van der Waals surface area contributed by atoms with Gasteiger partial charge in [-0.05, 0) is 73.0 Å². The summed E-state index contributed by atoms with van der Waals surface area (Å²) >= 11 is 0. The van der Waals surface area contributed by atoms with Gasteiger partial charge in [-0.1, -0.05) is 18.2 Å². The number of hydrogen-bond acceptors (Lipinski definition) is 4. The van der Waals surface area contributed by atoms with E-state index in [-0.39, 0.29) is 17.0 Å². The summed E-state index contributed by atoms with van der Waals surface area (Å²) in [7, 11) is 0. The molecule has 166 valence electrons. The molecule has 5 nitrogen and oxygen atoms in total. The van der Waals surface area contributed by atoms with Gasteiger partial charge in [0, 0.05) is 24.5 Å². The molecule has 0 aliphatic carbocycles. The monoisotopic (exact) mass is 445 g/mol. The molecule has 0 aromatic heterocycles. The van der Waals surface area contributed by atoms with Gasteiger partial charge < -0.3 is 10.2 Å². The van der Waals surface area contributed by atoms with Gasteiger partial charge in [-0.25, -0.2) is 13.7 Å². The summed E-state index contributed by atoms with van der Waals surface area (Å²) in [5, 5.41) is 3.08. The summed E-state index contributed by atoms with van der Waals surface area (Å²) in [6.45, 7) is 2.03. The van der Waals surface area contributed by atoms with E-state index >= 15 is 0 Å².